The largest absolute Gasteiger partial charge is 0.490 e. The number of hydrogen-bond acceptors (Lipinski definition) is 5. The van der Waals surface area contributed by atoms with Gasteiger partial charge >= 0.3 is 0 Å². The number of carbonyl (C=O) groups excluding carboxylic acids is 1. The molecule has 0 bridgehead atoms. The van der Waals surface area contributed by atoms with Crippen molar-refractivity contribution in [3.8, 4) is 11.5 Å². The standard InChI is InChI=1S/C26H25FN2O5S/c27-20-6-2-18(3-7-20)17-29(22-10-11-22)26(30)19-4-8-21(9-5-19)28-35(31,32)23-12-13-24-25(16-23)34-15-1-14-33-24/h2-9,12-13,16,22,28H,1,10-11,14-15,17H2. The SMILES string of the molecule is O=C(c1ccc(NS(=O)(=O)c2ccc3c(c2)OCCCO3)cc1)N(Cc1ccc(F)cc1)C1CC1. The second kappa shape index (κ2) is 9.58. The number of halogens is 1. The molecule has 0 spiro atoms. The smallest absolute Gasteiger partial charge is 0.262 e. The summed E-state index contributed by atoms with van der Waals surface area (Å²) >= 11 is 0. The first kappa shape index (κ1) is 23.2. The molecule has 35 heavy (non-hydrogen) atoms. The topological polar surface area (TPSA) is 84.9 Å². The monoisotopic (exact) mass is 496 g/mol. The van der Waals surface area contributed by atoms with Crippen molar-refractivity contribution in [3.05, 3.63) is 83.7 Å². The number of anilines is 1. The van der Waals surface area contributed by atoms with Gasteiger partial charge in [-0.15, -0.1) is 0 Å². The Morgan fingerprint density at radius 1 is 0.943 bits per heavy atom. The predicted octanol–water partition coefficient (Wildman–Crippen LogP) is 4.59. The molecule has 0 atom stereocenters. The van der Waals surface area contributed by atoms with Gasteiger partial charge < -0.3 is 14.4 Å². The number of nitrogens with zero attached hydrogens (tertiary/aromatic N) is 1. The van der Waals surface area contributed by atoms with Gasteiger partial charge in [0.05, 0.1) is 18.1 Å². The van der Waals surface area contributed by atoms with Crippen LogP contribution in [0.1, 0.15) is 35.2 Å². The molecule has 9 heteroatoms. The normalized spacial score (nSPS) is 15.2. The van der Waals surface area contributed by atoms with Gasteiger partial charge in [0.1, 0.15) is 5.82 Å². The zero-order valence-corrected chi connectivity index (χ0v) is 19.8. The van der Waals surface area contributed by atoms with Crippen LogP contribution in [0.2, 0.25) is 0 Å². The number of hydrogen-bond donors (Lipinski definition) is 1. The fourth-order valence-electron chi connectivity index (χ4n) is 3.91. The van der Waals surface area contributed by atoms with Crippen LogP contribution in [0.25, 0.3) is 0 Å². The molecule has 1 N–H and O–H groups in total. The molecule has 0 unspecified atom stereocenters. The van der Waals surface area contributed by atoms with Crippen molar-refractivity contribution >= 4 is 21.6 Å². The van der Waals surface area contributed by atoms with Crippen LogP contribution in [0.5, 0.6) is 11.5 Å². The zero-order valence-electron chi connectivity index (χ0n) is 18.9. The summed E-state index contributed by atoms with van der Waals surface area (Å²) in [4.78, 5) is 15.0. The number of ether oxygens (including phenoxy) is 2. The van der Waals surface area contributed by atoms with Crippen LogP contribution in [-0.4, -0.2) is 38.5 Å². The minimum absolute atomic E-state index is 0.0566. The fraction of sp³-hybridized carbons (Fsp3) is 0.269. The summed E-state index contributed by atoms with van der Waals surface area (Å²) in [5.41, 5.74) is 1.65. The fourth-order valence-corrected chi connectivity index (χ4v) is 4.98. The molecule has 1 fully saturated rings. The molecule has 2 aliphatic rings. The van der Waals surface area contributed by atoms with Gasteiger partial charge in [-0.05, 0) is 66.9 Å². The average Bonchev–Trinajstić information content (AvgIpc) is 3.70. The predicted molar refractivity (Wildman–Crippen MR) is 129 cm³/mol. The molecule has 0 saturated heterocycles. The summed E-state index contributed by atoms with van der Waals surface area (Å²) in [7, 11) is -3.87. The number of amides is 1. The highest BCUT2D eigenvalue weighted by Gasteiger charge is 2.33. The maximum Gasteiger partial charge on any atom is 0.262 e. The number of fused-ring (bicyclic) bond motifs is 1. The molecule has 1 aliphatic heterocycles. The van der Waals surface area contributed by atoms with Crippen LogP contribution in [0.4, 0.5) is 10.1 Å². The first-order valence-electron chi connectivity index (χ1n) is 11.5. The van der Waals surface area contributed by atoms with Crippen LogP contribution in [0.3, 0.4) is 0 Å². The Morgan fingerprint density at radius 3 is 2.31 bits per heavy atom. The summed E-state index contributed by atoms with van der Waals surface area (Å²) in [6.07, 6.45) is 2.59. The van der Waals surface area contributed by atoms with Gasteiger partial charge in [0.2, 0.25) is 0 Å². The first-order chi connectivity index (χ1) is 16.9. The lowest BCUT2D eigenvalue weighted by molar-refractivity contribution is 0.0730. The van der Waals surface area contributed by atoms with Gasteiger partial charge in [-0.25, -0.2) is 12.8 Å². The van der Waals surface area contributed by atoms with Crippen molar-refractivity contribution < 1.29 is 27.1 Å². The Kier molecular flexibility index (Phi) is 6.34. The second-order valence-electron chi connectivity index (χ2n) is 8.63. The van der Waals surface area contributed by atoms with Gasteiger partial charge in [-0.2, -0.15) is 0 Å². The average molecular weight is 497 g/mol. The minimum Gasteiger partial charge on any atom is -0.490 e. The zero-order chi connectivity index (χ0) is 24.4. The molecule has 5 rings (SSSR count). The molecule has 7 nitrogen and oxygen atoms in total. The van der Waals surface area contributed by atoms with Crippen molar-refractivity contribution in [1.29, 1.82) is 0 Å². The Hall–Kier alpha value is -3.59. The number of nitrogens with one attached hydrogen (secondary N) is 1. The van der Waals surface area contributed by atoms with Crippen molar-refractivity contribution in [2.45, 2.75) is 36.7 Å². The van der Waals surface area contributed by atoms with Gasteiger partial charge in [0, 0.05) is 36.3 Å². The Balaban J connectivity index is 1.29. The summed E-state index contributed by atoms with van der Waals surface area (Å²) in [5.74, 6) is 0.453. The van der Waals surface area contributed by atoms with E-state index in [9.17, 15) is 17.6 Å². The maximum atomic E-state index is 13.2. The quantitative estimate of drug-likeness (QED) is 0.517. The number of rotatable bonds is 7. The van der Waals surface area contributed by atoms with E-state index in [0.717, 1.165) is 24.8 Å². The van der Waals surface area contributed by atoms with E-state index in [1.807, 2.05) is 0 Å². The minimum atomic E-state index is -3.87. The summed E-state index contributed by atoms with van der Waals surface area (Å²) in [6, 6.07) is 17.1. The molecule has 0 radical (unpaired) electrons. The van der Waals surface area contributed by atoms with Gasteiger partial charge in [-0.3, -0.25) is 9.52 Å². The molecule has 3 aromatic rings. The first-order valence-corrected chi connectivity index (χ1v) is 13.0. The van der Waals surface area contributed by atoms with E-state index < -0.39 is 10.0 Å². The van der Waals surface area contributed by atoms with E-state index in [-0.39, 0.29) is 22.7 Å². The van der Waals surface area contributed by atoms with E-state index in [1.165, 1.54) is 24.3 Å². The van der Waals surface area contributed by atoms with E-state index in [0.29, 0.717) is 42.5 Å². The van der Waals surface area contributed by atoms with Crippen LogP contribution in [-0.2, 0) is 16.6 Å². The van der Waals surface area contributed by atoms with Gasteiger partial charge in [0.15, 0.2) is 11.5 Å². The van der Waals surface area contributed by atoms with Crippen molar-refractivity contribution in [2.24, 2.45) is 0 Å². The summed E-state index contributed by atoms with van der Waals surface area (Å²) in [5, 5.41) is 0. The third-order valence-corrected chi connectivity index (χ3v) is 7.31. The van der Waals surface area contributed by atoms with Crippen molar-refractivity contribution in [1.82, 2.24) is 4.90 Å². The van der Waals surface area contributed by atoms with Gasteiger partial charge in [0.25, 0.3) is 15.9 Å². The molecule has 1 saturated carbocycles. The second-order valence-corrected chi connectivity index (χ2v) is 10.3. The highest BCUT2D eigenvalue weighted by molar-refractivity contribution is 7.92. The number of sulfonamides is 1. The Bertz CT molecular complexity index is 1320. The third kappa shape index (κ3) is 5.40. The van der Waals surface area contributed by atoms with Crippen LogP contribution >= 0.6 is 0 Å². The lowest BCUT2D eigenvalue weighted by Gasteiger charge is -2.23. The van der Waals surface area contributed by atoms with E-state index >= 15 is 0 Å². The molecule has 1 heterocycles. The van der Waals surface area contributed by atoms with Crippen LogP contribution in [0, 0.1) is 5.82 Å². The van der Waals surface area contributed by atoms with Crippen molar-refractivity contribution in [3.63, 3.8) is 0 Å². The van der Waals surface area contributed by atoms with Gasteiger partial charge in [-0.1, -0.05) is 12.1 Å². The highest BCUT2D eigenvalue weighted by atomic mass is 32.2. The number of carbonyl (C=O) groups is 1. The Morgan fingerprint density at radius 2 is 1.63 bits per heavy atom. The van der Waals surface area contributed by atoms with E-state index in [4.69, 9.17) is 9.47 Å². The van der Waals surface area contributed by atoms with Crippen LogP contribution < -0.4 is 14.2 Å². The lowest BCUT2D eigenvalue weighted by atomic mass is 10.1. The third-order valence-electron chi connectivity index (χ3n) is 5.93. The molecule has 1 amide bonds. The summed E-state index contributed by atoms with van der Waals surface area (Å²) in [6.45, 7) is 1.37. The lowest BCUT2D eigenvalue weighted by Crippen LogP contribution is -2.32. The molecule has 3 aromatic carbocycles. The highest BCUT2D eigenvalue weighted by Crippen LogP contribution is 2.33. The van der Waals surface area contributed by atoms with E-state index in [1.54, 1.807) is 47.4 Å². The summed E-state index contributed by atoms with van der Waals surface area (Å²) < 4.78 is 52.8. The molecular weight excluding hydrogens is 471 g/mol. The molecule has 182 valence electrons. The van der Waals surface area contributed by atoms with Crippen molar-refractivity contribution in [2.75, 3.05) is 17.9 Å². The molecule has 1 aliphatic carbocycles. The van der Waals surface area contributed by atoms with E-state index in [2.05, 4.69) is 4.72 Å². The molecule has 0 aromatic heterocycles. The van der Waals surface area contributed by atoms with Crippen LogP contribution in [0.15, 0.2) is 71.6 Å². The molecular formula is C26H25FN2O5S. The number of benzene rings is 3. The maximum absolute atomic E-state index is 13.2. The Labute approximate surface area is 203 Å².